The molecule has 10 rings (SSSR count). The molecule has 6 heteroatoms. The van der Waals surface area contributed by atoms with Crippen LogP contribution in [0.15, 0.2) is 158 Å². The van der Waals surface area contributed by atoms with Crippen molar-refractivity contribution >= 4 is 54.5 Å². The first-order valence-corrected chi connectivity index (χ1v) is 16.0. The number of fused-ring (bicyclic) bond motifs is 9. The fourth-order valence-electron chi connectivity index (χ4n) is 7.21. The molecule has 0 atom stereocenters. The number of pyridine rings is 4. The summed E-state index contributed by atoms with van der Waals surface area (Å²) in [6, 6.07) is 48.5. The largest absolute Gasteiger partial charge is 0.307 e. The summed E-state index contributed by atoms with van der Waals surface area (Å²) in [4.78, 5) is 19.5. The second-order valence-corrected chi connectivity index (χ2v) is 11.9. The molecule has 0 spiro atoms. The van der Waals surface area contributed by atoms with E-state index in [1.54, 1.807) is 0 Å². The molecule has 0 aliphatic rings. The molecule has 0 radical (unpaired) electrons. The maximum Gasteiger partial charge on any atom is 0.0948 e. The summed E-state index contributed by atoms with van der Waals surface area (Å²) >= 11 is 0. The third-order valence-electron chi connectivity index (χ3n) is 9.23. The SMILES string of the molecule is c1ccc(-n2c3ccccc3c3ccc4c5ccc6cccnc6c5n(-c5cc(-c6ccccn6)nc(-c6ccccn6)c5)c4c32)cc1. The zero-order chi connectivity index (χ0) is 31.6. The van der Waals surface area contributed by atoms with E-state index in [0.29, 0.717) is 0 Å². The van der Waals surface area contributed by atoms with Crippen LogP contribution in [0.3, 0.4) is 0 Å². The van der Waals surface area contributed by atoms with E-state index in [1.807, 2.05) is 61.1 Å². The van der Waals surface area contributed by atoms with Crippen molar-refractivity contribution in [3.05, 3.63) is 158 Å². The summed E-state index contributed by atoms with van der Waals surface area (Å²) in [6.45, 7) is 0. The van der Waals surface area contributed by atoms with Gasteiger partial charge in [0.1, 0.15) is 0 Å². The highest BCUT2D eigenvalue weighted by Crippen LogP contribution is 2.43. The van der Waals surface area contributed by atoms with E-state index in [4.69, 9.17) is 19.9 Å². The number of aromatic nitrogens is 6. The van der Waals surface area contributed by atoms with Crippen molar-refractivity contribution in [2.45, 2.75) is 0 Å². The highest BCUT2D eigenvalue weighted by Gasteiger charge is 2.23. The summed E-state index contributed by atoms with van der Waals surface area (Å²) in [5, 5.41) is 5.76. The topological polar surface area (TPSA) is 61.4 Å². The third-order valence-corrected chi connectivity index (χ3v) is 9.23. The van der Waals surface area contributed by atoms with Crippen LogP contribution in [0.5, 0.6) is 0 Å². The zero-order valence-electron chi connectivity index (χ0n) is 25.7. The molecular weight excluding hydrogens is 589 g/mol. The highest BCUT2D eigenvalue weighted by molar-refractivity contribution is 6.26. The van der Waals surface area contributed by atoms with E-state index in [2.05, 4.69) is 106 Å². The minimum atomic E-state index is 0.771. The lowest BCUT2D eigenvalue weighted by Crippen LogP contribution is -2.02. The molecule has 224 valence electrons. The van der Waals surface area contributed by atoms with Gasteiger partial charge in [0.05, 0.1) is 56.0 Å². The molecule has 10 aromatic rings. The highest BCUT2D eigenvalue weighted by atomic mass is 15.1. The van der Waals surface area contributed by atoms with E-state index in [-0.39, 0.29) is 0 Å². The van der Waals surface area contributed by atoms with Gasteiger partial charge in [-0.2, -0.15) is 0 Å². The van der Waals surface area contributed by atoms with Crippen LogP contribution < -0.4 is 0 Å². The zero-order valence-corrected chi connectivity index (χ0v) is 25.7. The van der Waals surface area contributed by atoms with Gasteiger partial charge in [0, 0.05) is 51.2 Å². The smallest absolute Gasteiger partial charge is 0.0948 e. The molecule has 6 aromatic heterocycles. The minimum absolute atomic E-state index is 0.771. The van der Waals surface area contributed by atoms with E-state index in [9.17, 15) is 0 Å². The molecule has 6 nitrogen and oxygen atoms in total. The maximum absolute atomic E-state index is 5.11. The summed E-state index contributed by atoms with van der Waals surface area (Å²) in [7, 11) is 0. The average Bonchev–Trinajstić information content (AvgIpc) is 3.69. The fourth-order valence-corrected chi connectivity index (χ4v) is 7.21. The monoisotopic (exact) mass is 614 g/mol. The Labute approximate surface area is 275 Å². The molecular formula is C42H26N6. The molecule has 0 N–H and O–H groups in total. The van der Waals surface area contributed by atoms with Gasteiger partial charge >= 0.3 is 0 Å². The normalized spacial score (nSPS) is 11.8. The standard InChI is InChI=1S/C42H26N6/c1-2-12-28(13-3-1)47-38-17-5-4-14-30(38)31-20-21-33-32-19-18-27-11-10-24-45-39(27)40(32)48(42(33)41(31)47)29-25-36(34-15-6-8-22-43-34)46-37(26-29)35-16-7-9-23-44-35/h1-26H. The quantitative estimate of drug-likeness (QED) is 0.198. The molecule has 48 heavy (non-hydrogen) atoms. The van der Waals surface area contributed by atoms with Crippen LogP contribution in [-0.4, -0.2) is 29.1 Å². The Balaban J connectivity index is 1.45. The molecule has 0 unspecified atom stereocenters. The number of para-hydroxylation sites is 2. The molecule has 0 bridgehead atoms. The lowest BCUT2D eigenvalue weighted by Gasteiger charge is -2.15. The van der Waals surface area contributed by atoms with E-state index < -0.39 is 0 Å². The first-order valence-electron chi connectivity index (χ1n) is 16.0. The van der Waals surface area contributed by atoms with Crippen molar-refractivity contribution in [1.82, 2.24) is 29.1 Å². The summed E-state index contributed by atoms with van der Waals surface area (Å²) in [5.41, 5.74) is 10.6. The Morgan fingerprint density at radius 3 is 1.71 bits per heavy atom. The number of rotatable bonds is 4. The van der Waals surface area contributed by atoms with Gasteiger partial charge < -0.3 is 9.13 Å². The molecule has 0 aliphatic heterocycles. The average molecular weight is 615 g/mol. The predicted molar refractivity (Wildman–Crippen MR) is 195 cm³/mol. The van der Waals surface area contributed by atoms with Crippen LogP contribution in [0.25, 0.3) is 88.7 Å². The Kier molecular flexibility index (Phi) is 5.77. The maximum atomic E-state index is 5.11. The van der Waals surface area contributed by atoms with Gasteiger partial charge in [0.15, 0.2) is 0 Å². The molecule has 0 fully saturated rings. The first-order chi connectivity index (χ1) is 23.8. The van der Waals surface area contributed by atoms with Crippen LogP contribution in [0.4, 0.5) is 0 Å². The molecule has 0 amide bonds. The van der Waals surface area contributed by atoms with Gasteiger partial charge in [-0.05, 0) is 60.7 Å². The summed E-state index contributed by atoms with van der Waals surface area (Å²) < 4.78 is 4.79. The molecule has 4 aromatic carbocycles. The van der Waals surface area contributed by atoms with E-state index in [0.717, 1.165) is 77.9 Å². The fraction of sp³-hybridized carbons (Fsp3) is 0. The number of hydrogen-bond donors (Lipinski definition) is 0. The van der Waals surface area contributed by atoms with E-state index in [1.165, 1.54) is 10.8 Å². The Morgan fingerprint density at radius 1 is 0.375 bits per heavy atom. The number of hydrogen-bond acceptors (Lipinski definition) is 4. The second-order valence-electron chi connectivity index (χ2n) is 11.9. The van der Waals surface area contributed by atoms with Gasteiger partial charge in [-0.25, -0.2) is 4.98 Å². The predicted octanol–water partition coefficient (Wildman–Crippen LogP) is 9.95. The molecule has 0 saturated carbocycles. The van der Waals surface area contributed by atoms with Gasteiger partial charge in [0.2, 0.25) is 0 Å². The van der Waals surface area contributed by atoms with Crippen LogP contribution in [0.1, 0.15) is 0 Å². The van der Waals surface area contributed by atoms with Crippen molar-refractivity contribution in [2.75, 3.05) is 0 Å². The van der Waals surface area contributed by atoms with Crippen LogP contribution in [-0.2, 0) is 0 Å². The third kappa shape index (κ3) is 3.93. The Hall–Kier alpha value is -6.66. The lowest BCUT2D eigenvalue weighted by molar-refractivity contribution is 1.13. The van der Waals surface area contributed by atoms with Crippen molar-refractivity contribution in [3.8, 4) is 34.2 Å². The van der Waals surface area contributed by atoms with E-state index >= 15 is 0 Å². The lowest BCUT2D eigenvalue weighted by atomic mass is 10.1. The Morgan fingerprint density at radius 2 is 0.979 bits per heavy atom. The van der Waals surface area contributed by atoms with Gasteiger partial charge in [-0.1, -0.05) is 78.9 Å². The van der Waals surface area contributed by atoms with Crippen molar-refractivity contribution in [1.29, 1.82) is 0 Å². The van der Waals surface area contributed by atoms with Crippen molar-refractivity contribution in [2.24, 2.45) is 0 Å². The molecule has 0 aliphatic carbocycles. The minimum Gasteiger partial charge on any atom is -0.307 e. The van der Waals surface area contributed by atoms with Crippen LogP contribution >= 0.6 is 0 Å². The van der Waals surface area contributed by atoms with Crippen molar-refractivity contribution in [3.63, 3.8) is 0 Å². The van der Waals surface area contributed by atoms with Gasteiger partial charge in [-0.15, -0.1) is 0 Å². The van der Waals surface area contributed by atoms with Crippen LogP contribution in [0.2, 0.25) is 0 Å². The van der Waals surface area contributed by atoms with Gasteiger partial charge in [0.25, 0.3) is 0 Å². The Bertz CT molecular complexity index is 2760. The molecule has 0 saturated heterocycles. The summed E-state index contributed by atoms with van der Waals surface area (Å²) in [5.74, 6) is 0. The number of benzene rings is 4. The summed E-state index contributed by atoms with van der Waals surface area (Å²) in [6.07, 6.45) is 5.50. The van der Waals surface area contributed by atoms with Crippen LogP contribution in [0, 0.1) is 0 Å². The number of nitrogens with zero attached hydrogens (tertiary/aromatic N) is 6. The van der Waals surface area contributed by atoms with Crippen molar-refractivity contribution < 1.29 is 0 Å². The van der Waals surface area contributed by atoms with Gasteiger partial charge in [-0.3, -0.25) is 15.0 Å². The second kappa shape index (κ2) is 10.4. The first kappa shape index (κ1) is 26.5. The molecule has 6 heterocycles.